The van der Waals surface area contributed by atoms with Gasteiger partial charge in [-0.2, -0.15) is 0 Å². The van der Waals surface area contributed by atoms with E-state index in [-0.39, 0.29) is 12.6 Å². The molecule has 0 saturated carbocycles. The lowest BCUT2D eigenvalue weighted by atomic mass is 10.1. The van der Waals surface area contributed by atoms with Gasteiger partial charge < -0.3 is 15.4 Å². The van der Waals surface area contributed by atoms with E-state index in [9.17, 15) is 9.59 Å². The van der Waals surface area contributed by atoms with Crippen molar-refractivity contribution >= 4 is 34.8 Å². The first-order chi connectivity index (χ1) is 9.23. The number of ether oxygens (including phenoxy) is 1. The number of hydrogen-bond acceptors (Lipinski definition) is 4. The van der Waals surface area contributed by atoms with Gasteiger partial charge in [0.1, 0.15) is 6.10 Å². The van der Waals surface area contributed by atoms with Gasteiger partial charge in [-0.25, -0.2) is 0 Å². The SMILES string of the molecule is COC(CNC(=O)C(=O)NC(C)(C)C)c1ccc(Cl)s1. The topological polar surface area (TPSA) is 67.4 Å². The summed E-state index contributed by atoms with van der Waals surface area (Å²) >= 11 is 7.24. The summed E-state index contributed by atoms with van der Waals surface area (Å²) in [5.41, 5.74) is -0.448. The van der Waals surface area contributed by atoms with Gasteiger partial charge in [-0.05, 0) is 32.9 Å². The molecular weight excluding hydrogens is 300 g/mol. The van der Waals surface area contributed by atoms with Crippen molar-refractivity contribution in [3.63, 3.8) is 0 Å². The molecule has 5 nitrogen and oxygen atoms in total. The number of carbonyl (C=O) groups excluding carboxylic acids is 2. The van der Waals surface area contributed by atoms with Gasteiger partial charge in [-0.1, -0.05) is 11.6 Å². The zero-order valence-electron chi connectivity index (χ0n) is 12.0. The minimum atomic E-state index is -0.676. The van der Waals surface area contributed by atoms with Crippen LogP contribution in [-0.2, 0) is 14.3 Å². The highest BCUT2D eigenvalue weighted by Gasteiger charge is 2.21. The number of thiophene rings is 1. The Labute approximate surface area is 127 Å². The molecule has 0 aliphatic heterocycles. The van der Waals surface area contributed by atoms with Gasteiger partial charge >= 0.3 is 11.8 Å². The summed E-state index contributed by atoms with van der Waals surface area (Å²) in [7, 11) is 1.54. The Kier molecular flexibility index (Phi) is 5.98. The fraction of sp³-hybridized carbons (Fsp3) is 0.538. The van der Waals surface area contributed by atoms with E-state index in [1.54, 1.807) is 13.2 Å². The number of carbonyl (C=O) groups is 2. The Bertz CT molecular complexity index is 482. The summed E-state index contributed by atoms with van der Waals surface area (Å²) < 4.78 is 5.94. The van der Waals surface area contributed by atoms with E-state index in [1.165, 1.54) is 11.3 Å². The molecule has 7 heteroatoms. The quantitative estimate of drug-likeness (QED) is 0.836. The Morgan fingerprint density at radius 3 is 2.45 bits per heavy atom. The maximum atomic E-state index is 11.7. The van der Waals surface area contributed by atoms with Gasteiger partial charge in [0.25, 0.3) is 0 Å². The van der Waals surface area contributed by atoms with E-state index < -0.39 is 17.4 Å². The summed E-state index contributed by atoms with van der Waals surface area (Å²) in [6.45, 7) is 5.64. The molecule has 1 atom stereocenters. The summed E-state index contributed by atoms with van der Waals surface area (Å²) in [5, 5.41) is 5.15. The van der Waals surface area contributed by atoms with Crippen LogP contribution in [0.25, 0.3) is 0 Å². The van der Waals surface area contributed by atoms with Crippen LogP contribution in [0.4, 0.5) is 0 Å². The van der Waals surface area contributed by atoms with Crippen LogP contribution in [0.1, 0.15) is 31.8 Å². The van der Waals surface area contributed by atoms with Crippen LogP contribution >= 0.6 is 22.9 Å². The highest BCUT2D eigenvalue weighted by molar-refractivity contribution is 7.16. The van der Waals surface area contributed by atoms with E-state index in [0.717, 1.165) is 4.88 Å². The lowest BCUT2D eigenvalue weighted by molar-refractivity contribution is -0.140. The van der Waals surface area contributed by atoms with Crippen LogP contribution < -0.4 is 10.6 Å². The van der Waals surface area contributed by atoms with Crippen molar-refractivity contribution in [3.05, 3.63) is 21.3 Å². The second-order valence-electron chi connectivity index (χ2n) is 5.28. The first-order valence-corrected chi connectivity index (χ1v) is 7.31. The summed E-state index contributed by atoms with van der Waals surface area (Å²) in [4.78, 5) is 24.2. The second-order valence-corrected chi connectivity index (χ2v) is 7.03. The fourth-order valence-electron chi connectivity index (χ4n) is 1.46. The van der Waals surface area contributed by atoms with Crippen molar-refractivity contribution in [2.75, 3.05) is 13.7 Å². The molecule has 20 heavy (non-hydrogen) atoms. The molecule has 1 aromatic heterocycles. The van der Waals surface area contributed by atoms with Gasteiger partial charge in [-0.15, -0.1) is 11.3 Å². The van der Waals surface area contributed by atoms with Crippen LogP contribution in [0.5, 0.6) is 0 Å². The Hall–Kier alpha value is -1.11. The molecule has 0 aromatic carbocycles. The standard InChI is InChI=1S/C13H19ClN2O3S/c1-13(2,3)16-12(18)11(17)15-7-8(19-4)9-5-6-10(14)20-9/h5-6,8H,7H2,1-4H3,(H,15,17)(H,16,18). The molecule has 1 heterocycles. The summed E-state index contributed by atoms with van der Waals surface area (Å²) in [6, 6.07) is 3.60. The highest BCUT2D eigenvalue weighted by atomic mass is 35.5. The Balaban J connectivity index is 2.52. The fourth-order valence-corrected chi connectivity index (χ4v) is 2.60. The van der Waals surface area contributed by atoms with Gasteiger partial charge in [0.15, 0.2) is 0 Å². The number of rotatable bonds is 4. The van der Waals surface area contributed by atoms with E-state index in [2.05, 4.69) is 10.6 Å². The van der Waals surface area contributed by atoms with Gasteiger partial charge in [0.05, 0.1) is 4.34 Å². The second kappa shape index (κ2) is 7.06. The average Bonchev–Trinajstić information content (AvgIpc) is 2.74. The molecule has 2 N–H and O–H groups in total. The number of amides is 2. The first kappa shape index (κ1) is 16.9. The maximum Gasteiger partial charge on any atom is 0.309 e. The average molecular weight is 319 g/mol. The number of hydrogen-bond donors (Lipinski definition) is 2. The summed E-state index contributed by atoms with van der Waals surface area (Å²) in [5.74, 6) is -1.33. The van der Waals surface area contributed by atoms with Crippen LogP contribution in [0.15, 0.2) is 12.1 Å². The van der Waals surface area contributed by atoms with Gasteiger partial charge in [0, 0.05) is 24.1 Å². The third-order valence-electron chi connectivity index (χ3n) is 2.34. The van der Waals surface area contributed by atoms with E-state index in [1.807, 2.05) is 26.8 Å². The molecule has 1 aromatic rings. The number of nitrogens with one attached hydrogen (secondary N) is 2. The third kappa shape index (κ3) is 5.48. The summed E-state index contributed by atoms with van der Waals surface area (Å²) in [6.07, 6.45) is -0.320. The van der Waals surface area contributed by atoms with E-state index in [4.69, 9.17) is 16.3 Å². The van der Waals surface area contributed by atoms with Crippen LogP contribution in [0.2, 0.25) is 4.34 Å². The lowest BCUT2D eigenvalue weighted by Gasteiger charge is -2.20. The van der Waals surface area contributed by atoms with Crippen molar-refractivity contribution < 1.29 is 14.3 Å². The van der Waals surface area contributed by atoms with Crippen LogP contribution in [0.3, 0.4) is 0 Å². The molecule has 0 radical (unpaired) electrons. The molecular formula is C13H19ClN2O3S. The van der Waals surface area contributed by atoms with Crippen molar-refractivity contribution in [1.29, 1.82) is 0 Å². The minimum Gasteiger partial charge on any atom is -0.374 e. The third-order valence-corrected chi connectivity index (χ3v) is 3.66. The largest absolute Gasteiger partial charge is 0.374 e. The van der Waals surface area contributed by atoms with E-state index in [0.29, 0.717) is 4.34 Å². The molecule has 0 aliphatic rings. The van der Waals surface area contributed by atoms with Crippen molar-refractivity contribution in [1.82, 2.24) is 10.6 Å². The van der Waals surface area contributed by atoms with Crippen LogP contribution in [0, 0.1) is 0 Å². The molecule has 0 bridgehead atoms. The predicted molar refractivity (Wildman–Crippen MR) is 80.0 cm³/mol. The Morgan fingerprint density at radius 2 is 2.00 bits per heavy atom. The minimum absolute atomic E-state index is 0.212. The predicted octanol–water partition coefficient (Wildman–Crippen LogP) is 2.12. The van der Waals surface area contributed by atoms with Gasteiger partial charge in [0.2, 0.25) is 0 Å². The van der Waals surface area contributed by atoms with Crippen molar-refractivity contribution in [3.8, 4) is 0 Å². The molecule has 2 amide bonds. The molecule has 1 unspecified atom stereocenters. The normalized spacial score (nSPS) is 12.8. The zero-order valence-corrected chi connectivity index (χ0v) is 13.5. The monoisotopic (exact) mass is 318 g/mol. The van der Waals surface area contributed by atoms with Crippen LogP contribution in [-0.4, -0.2) is 31.0 Å². The number of methoxy groups -OCH3 is 1. The molecule has 1 rings (SSSR count). The zero-order chi connectivity index (χ0) is 15.3. The molecule has 0 spiro atoms. The van der Waals surface area contributed by atoms with Crippen molar-refractivity contribution in [2.24, 2.45) is 0 Å². The molecule has 0 aliphatic carbocycles. The molecule has 0 fully saturated rings. The number of halogens is 1. The first-order valence-electron chi connectivity index (χ1n) is 6.11. The Morgan fingerprint density at radius 1 is 1.35 bits per heavy atom. The smallest absolute Gasteiger partial charge is 0.309 e. The lowest BCUT2D eigenvalue weighted by Crippen LogP contribution is -2.48. The molecule has 0 saturated heterocycles. The van der Waals surface area contributed by atoms with Gasteiger partial charge in [-0.3, -0.25) is 9.59 Å². The van der Waals surface area contributed by atoms with E-state index >= 15 is 0 Å². The molecule has 112 valence electrons. The van der Waals surface area contributed by atoms with Crippen molar-refractivity contribution in [2.45, 2.75) is 32.4 Å². The highest BCUT2D eigenvalue weighted by Crippen LogP contribution is 2.28. The maximum absolute atomic E-state index is 11.7.